The Labute approximate surface area is 209 Å². The first-order chi connectivity index (χ1) is 16.3. The van der Waals surface area contributed by atoms with Gasteiger partial charge >= 0.3 is 5.76 Å². The zero-order valence-corrected chi connectivity index (χ0v) is 21.1. The van der Waals surface area contributed by atoms with Crippen LogP contribution in [0.25, 0.3) is 0 Å². The monoisotopic (exact) mass is 501 g/mol. The van der Waals surface area contributed by atoms with Crippen molar-refractivity contribution < 1.29 is 9.21 Å². The smallest absolute Gasteiger partial charge is 0.392 e. The zero-order chi connectivity index (χ0) is 24.5. The van der Waals surface area contributed by atoms with Crippen molar-refractivity contribution in [3.63, 3.8) is 0 Å². The number of piperidine rings is 1. The minimum absolute atomic E-state index is 0.0325. The van der Waals surface area contributed by atoms with Crippen molar-refractivity contribution in [1.29, 1.82) is 0 Å². The normalized spacial score (nSPS) is 23.0. The molecule has 6 nitrogen and oxygen atoms in total. The number of rotatable bonds is 7. The average molecular weight is 502 g/mol. The Balaban J connectivity index is 1.88. The molecule has 0 radical (unpaired) electrons. The number of halogens is 2. The summed E-state index contributed by atoms with van der Waals surface area (Å²) >= 11 is 12.6. The van der Waals surface area contributed by atoms with Gasteiger partial charge in [-0.1, -0.05) is 68.2 Å². The first-order valence-electron chi connectivity index (χ1n) is 11.6. The molecule has 0 bridgehead atoms. The van der Waals surface area contributed by atoms with Crippen LogP contribution in [0.2, 0.25) is 10.0 Å². The summed E-state index contributed by atoms with van der Waals surface area (Å²) in [4.78, 5) is 27.8. The van der Waals surface area contributed by atoms with Gasteiger partial charge in [0.05, 0.1) is 11.5 Å². The number of aromatic amines is 1. The summed E-state index contributed by atoms with van der Waals surface area (Å²) < 4.78 is 5.20. The van der Waals surface area contributed by atoms with Gasteiger partial charge in [-0.3, -0.25) is 4.79 Å². The number of nitrogens with one attached hydrogen (secondary N) is 1. The molecule has 0 aliphatic carbocycles. The fraction of sp³-hybridized carbons (Fsp3) is 0.423. The fourth-order valence-electron chi connectivity index (χ4n) is 5.30. The van der Waals surface area contributed by atoms with Gasteiger partial charge in [-0.05, 0) is 54.7 Å². The number of carbonyl (C=O) groups excluding carboxylic acids is 1. The van der Waals surface area contributed by atoms with Crippen LogP contribution in [0.4, 0.5) is 0 Å². The molecule has 2 heterocycles. The predicted molar refractivity (Wildman–Crippen MR) is 133 cm³/mol. The summed E-state index contributed by atoms with van der Waals surface area (Å²) in [5.41, 5.74) is 1.28. The van der Waals surface area contributed by atoms with Crippen LogP contribution in [0.5, 0.6) is 0 Å². The molecule has 34 heavy (non-hydrogen) atoms. The lowest BCUT2D eigenvalue weighted by molar-refractivity contribution is -0.155. The first-order valence-corrected chi connectivity index (χ1v) is 12.4. The van der Waals surface area contributed by atoms with E-state index in [9.17, 15) is 9.59 Å². The summed E-state index contributed by atoms with van der Waals surface area (Å²) in [6, 6.07) is 15.4. The number of nitrogens with zero attached hydrogens (tertiary/aromatic N) is 2. The second kappa shape index (κ2) is 9.96. The lowest BCUT2D eigenvalue weighted by Crippen LogP contribution is -2.56. The van der Waals surface area contributed by atoms with E-state index in [0.29, 0.717) is 16.5 Å². The van der Waals surface area contributed by atoms with Gasteiger partial charge in [0.2, 0.25) is 11.8 Å². The molecule has 4 rings (SSSR count). The summed E-state index contributed by atoms with van der Waals surface area (Å²) in [7, 11) is 0. The van der Waals surface area contributed by atoms with Crippen LogP contribution in [0.1, 0.15) is 69.0 Å². The minimum Gasteiger partial charge on any atom is -0.392 e. The Morgan fingerprint density at radius 1 is 1.09 bits per heavy atom. The molecule has 1 aromatic heterocycles. The Morgan fingerprint density at radius 2 is 1.79 bits per heavy atom. The van der Waals surface area contributed by atoms with Crippen molar-refractivity contribution in [2.24, 2.45) is 5.41 Å². The minimum atomic E-state index is -0.816. The highest BCUT2D eigenvalue weighted by Crippen LogP contribution is 2.52. The molecule has 2 aromatic carbocycles. The third-order valence-corrected chi connectivity index (χ3v) is 7.44. The molecule has 3 unspecified atom stereocenters. The van der Waals surface area contributed by atoms with Crippen LogP contribution < -0.4 is 5.76 Å². The first kappa shape index (κ1) is 24.6. The van der Waals surface area contributed by atoms with Crippen molar-refractivity contribution >= 4 is 29.1 Å². The number of aromatic nitrogens is 2. The molecule has 1 saturated heterocycles. The van der Waals surface area contributed by atoms with Crippen LogP contribution in [-0.2, 0) is 11.2 Å². The van der Waals surface area contributed by atoms with E-state index in [4.69, 9.17) is 27.6 Å². The number of likely N-dealkylation sites (tertiary alicyclic amines) is 1. The van der Waals surface area contributed by atoms with Crippen LogP contribution in [0.15, 0.2) is 57.7 Å². The Morgan fingerprint density at radius 3 is 2.38 bits per heavy atom. The van der Waals surface area contributed by atoms with Crippen LogP contribution in [0, 0.1) is 5.41 Å². The van der Waals surface area contributed by atoms with E-state index in [1.807, 2.05) is 54.3 Å². The van der Waals surface area contributed by atoms with Crippen LogP contribution >= 0.6 is 23.2 Å². The fourth-order valence-corrected chi connectivity index (χ4v) is 5.62. The Kier molecular flexibility index (Phi) is 7.20. The Hall–Kier alpha value is -2.57. The van der Waals surface area contributed by atoms with E-state index in [1.165, 1.54) is 0 Å². The van der Waals surface area contributed by atoms with Crippen molar-refractivity contribution in [1.82, 2.24) is 15.1 Å². The highest BCUT2D eigenvalue weighted by molar-refractivity contribution is 6.30. The van der Waals surface area contributed by atoms with E-state index in [-0.39, 0.29) is 36.2 Å². The molecule has 180 valence electrons. The standard InChI is InChI=1S/C26H29Cl2N3O3/c1-4-20(5-2)31-23(16-9-11-18(27)12-10-16)21(17-7-6-8-19(28)13-17)14-26(3,24(31)32)15-22-29-30-25(33)34-22/h6-13,20-21,23H,4-5,14-15H2,1-3H3,(H,30,33). The van der Waals surface area contributed by atoms with Gasteiger partial charge in [0.25, 0.3) is 0 Å². The molecule has 1 fully saturated rings. The molecular formula is C26H29Cl2N3O3. The third kappa shape index (κ3) is 4.80. The molecule has 1 amide bonds. The molecular weight excluding hydrogens is 473 g/mol. The van der Waals surface area contributed by atoms with E-state index < -0.39 is 11.2 Å². The Bertz CT molecular complexity index is 1200. The number of H-pyrrole nitrogens is 1. The summed E-state index contributed by atoms with van der Waals surface area (Å²) in [5.74, 6) is -0.386. The van der Waals surface area contributed by atoms with Crippen molar-refractivity contribution in [2.45, 2.75) is 64.5 Å². The molecule has 1 aliphatic rings. The maximum atomic E-state index is 14.2. The highest BCUT2D eigenvalue weighted by atomic mass is 35.5. The maximum absolute atomic E-state index is 14.2. The van der Waals surface area contributed by atoms with Gasteiger partial charge in [-0.25, -0.2) is 9.89 Å². The topological polar surface area (TPSA) is 79.2 Å². The number of amides is 1. The number of hydrogen-bond acceptors (Lipinski definition) is 4. The molecule has 3 aromatic rings. The number of carbonyl (C=O) groups is 1. The van der Waals surface area contributed by atoms with Gasteiger partial charge in [-0.2, -0.15) is 0 Å². The van der Waals surface area contributed by atoms with E-state index >= 15 is 0 Å². The number of benzene rings is 2. The van der Waals surface area contributed by atoms with Crippen LogP contribution in [-0.4, -0.2) is 27.0 Å². The van der Waals surface area contributed by atoms with Crippen molar-refractivity contribution in [2.75, 3.05) is 0 Å². The molecule has 0 saturated carbocycles. The summed E-state index contributed by atoms with van der Waals surface area (Å²) in [6.07, 6.45) is 2.42. The molecule has 1 N–H and O–H groups in total. The van der Waals surface area contributed by atoms with E-state index in [2.05, 4.69) is 30.1 Å². The largest absolute Gasteiger partial charge is 0.434 e. The van der Waals surface area contributed by atoms with E-state index in [0.717, 1.165) is 24.0 Å². The maximum Gasteiger partial charge on any atom is 0.434 e. The van der Waals surface area contributed by atoms with Crippen molar-refractivity contribution in [3.8, 4) is 0 Å². The van der Waals surface area contributed by atoms with E-state index in [1.54, 1.807) is 0 Å². The summed E-state index contributed by atoms with van der Waals surface area (Å²) in [5, 5.41) is 7.60. The second-order valence-electron chi connectivity index (χ2n) is 9.29. The molecule has 0 spiro atoms. The van der Waals surface area contributed by atoms with Gasteiger partial charge in [0.1, 0.15) is 0 Å². The molecule has 1 aliphatic heterocycles. The quantitative estimate of drug-likeness (QED) is 0.420. The zero-order valence-electron chi connectivity index (χ0n) is 19.6. The number of hydrogen-bond donors (Lipinski definition) is 1. The second-order valence-corrected chi connectivity index (χ2v) is 10.2. The molecule has 3 atom stereocenters. The lowest BCUT2D eigenvalue weighted by atomic mass is 9.67. The molecule has 8 heteroatoms. The van der Waals surface area contributed by atoms with Gasteiger partial charge < -0.3 is 9.32 Å². The van der Waals surface area contributed by atoms with Crippen LogP contribution in [0.3, 0.4) is 0 Å². The summed E-state index contributed by atoms with van der Waals surface area (Å²) in [6.45, 7) is 6.15. The predicted octanol–water partition coefficient (Wildman–Crippen LogP) is 6.16. The van der Waals surface area contributed by atoms with Gasteiger partial charge in [0.15, 0.2) is 0 Å². The third-order valence-electron chi connectivity index (χ3n) is 6.95. The van der Waals surface area contributed by atoms with Gasteiger partial charge in [0, 0.05) is 28.4 Å². The highest BCUT2D eigenvalue weighted by Gasteiger charge is 2.51. The SMILES string of the molecule is CCC(CC)N1C(=O)C(C)(Cc2n[nH]c(=O)o2)CC(c2cccc(Cl)c2)C1c1ccc(Cl)cc1. The van der Waals surface area contributed by atoms with Crippen molar-refractivity contribution in [3.05, 3.63) is 86.1 Å². The van der Waals surface area contributed by atoms with Gasteiger partial charge in [-0.15, -0.1) is 5.10 Å². The average Bonchev–Trinajstić information content (AvgIpc) is 3.22. The lowest BCUT2D eigenvalue weighted by Gasteiger charge is -2.52.